The van der Waals surface area contributed by atoms with Crippen molar-refractivity contribution >= 4 is 21.7 Å². The standard InChI is InChI=1S/C14H9BrF2O/c15-13-5-4-12(17)7-10(13)8-14(18)9-2-1-3-11(16)6-9/h1-7H,8H2. The minimum absolute atomic E-state index is 0.0296. The van der Waals surface area contributed by atoms with Gasteiger partial charge in [0.2, 0.25) is 0 Å². The van der Waals surface area contributed by atoms with E-state index in [-0.39, 0.29) is 17.8 Å². The molecule has 0 atom stereocenters. The van der Waals surface area contributed by atoms with Gasteiger partial charge in [-0.1, -0.05) is 28.1 Å². The second-order valence-electron chi connectivity index (χ2n) is 3.85. The van der Waals surface area contributed by atoms with E-state index in [9.17, 15) is 13.6 Å². The molecule has 0 unspecified atom stereocenters. The van der Waals surface area contributed by atoms with Gasteiger partial charge in [-0.05, 0) is 35.9 Å². The summed E-state index contributed by atoms with van der Waals surface area (Å²) in [6.45, 7) is 0. The van der Waals surface area contributed by atoms with Crippen LogP contribution >= 0.6 is 15.9 Å². The number of ketones is 1. The van der Waals surface area contributed by atoms with Gasteiger partial charge in [0.05, 0.1) is 0 Å². The van der Waals surface area contributed by atoms with Crippen LogP contribution in [-0.2, 0) is 6.42 Å². The summed E-state index contributed by atoms with van der Waals surface area (Å²) in [4.78, 5) is 11.9. The maximum Gasteiger partial charge on any atom is 0.167 e. The zero-order valence-corrected chi connectivity index (χ0v) is 10.9. The number of halogens is 3. The molecular weight excluding hydrogens is 302 g/mol. The van der Waals surface area contributed by atoms with Crippen molar-refractivity contribution in [2.45, 2.75) is 6.42 Å². The lowest BCUT2D eigenvalue weighted by molar-refractivity contribution is 0.0992. The lowest BCUT2D eigenvalue weighted by Crippen LogP contribution is -2.04. The topological polar surface area (TPSA) is 17.1 Å². The van der Waals surface area contributed by atoms with Crippen LogP contribution in [0, 0.1) is 11.6 Å². The summed E-state index contributed by atoms with van der Waals surface area (Å²) in [5, 5.41) is 0. The predicted octanol–water partition coefficient (Wildman–Crippen LogP) is 4.15. The number of carbonyl (C=O) groups is 1. The molecule has 0 fully saturated rings. The molecule has 2 aromatic rings. The van der Waals surface area contributed by atoms with Crippen LogP contribution in [0.25, 0.3) is 0 Å². The first-order valence-electron chi connectivity index (χ1n) is 5.29. The minimum atomic E-state index is -0.459. The Bertz CT molecular complexity index is 596. The van der Waals surface area contributed by atoms with Crippen molar-refractivity contribution < 1.29 is 13.6 Å². The summed E-state index contributed by atoms with van der Waals surface area (Å²) in [6, 6.07) is 9.61. The number of Topliss-reactive ketones (excluding diaryl/α,β-unsaturated/α-hetero) is 1. The van der Waals surface area contributed by atoms with Crippen LogP contribution in [0.5, 0.6) is 0 Å². The molecule has 0 aromatic heterocycles. The number of hydrogen-bond acceptors (Lipinski definition) is 1. The van der Waals surface area contributed by atoms with E-state index in [1.165, 1.54) is 30.3 Å². The van der Waals surface area contributed by atoms with Gasteiger partial charge >= 0.3 is 0 Å². The maximum atomic E-state index is 13.1. The zero-order valence-electron chi connectivity index (χ0n) is 9.29. The van der Waals surface area contributed by atoms with E-state index < -0.39 is 11.6 Å². The van der Waals surface area contributed by atoms with Crippen molar-refractivity contribution in [3.8, 4) is 0 Å². The van der Waals surface area contributed by atoms with E-state index in [1.807, 2.05) is 0 Å². The molecule has 2 aromatic carbocycles. The molecule has 0 aliphatic rings. The molecule has 18 heavy (non-hydrogen) atoms. The zero-order chi connectivity index (χ0) is 13.1. The molecule has 2 rings (SSSR count). The van der Waals surface area contributed by atoms with Crippen LogP contribution in [-0.4, -0.2) is 5.78 Å². The predicted molar refractivity (Wildman–Crippen MR) is 68.5 cm³/mol. The fourth-order valence-corrected chi connectivity index (χ4v) is 2.00. The van der Waals surface area contributed by atoms with Crippen molar-refractivity contribution in [1.82, 2.24) is 0 Å². The van der Waals surface area contributed by atoms with Gasteiger partial charge in [-0.25, -0.2) is 8.78 Å². The second kappa shape index (κ2) is 5.40. The van der Waals surface area contributed by atoms with Crippen molar-refractivity contribution in [1.29, 1.82) is 0 Å². The highest BCUT2D eigenvalue weighted by atomic mass is 79.9. The molecule has 0 bridgehead atoms. The molecule has 0 aliphatic carbocycles. The highest BCUT2D eigenvalue weighted by Crippen LogP contribution is 2.20. The van der Waals surface area contributed by atoms with E-state index in [4.69, 9.17) is 0 Å². The fourth-order valence-electron chi connectivity index (χ4n) is 1.62. The largest absolute Gasteiger partial charge is 0.294 e. The quantitative estimate of drug-likeness (QED) is 0.778. The van der Waals surface area contributed by atoms with Crippen molar-refractivity contribution in [2.75, 3.05) is 0 Å². The summed E-state index contributed by atoms with van der Waals surface area (Å²) < 4.78 is 26.7. The molecule has 0 N–H and O–H groups in total. The van der Waals surface area contributed by atoms with Gasteiger partial charge in [0, 0.05) is 16.5 Å². The third-order valence-electron chi connectivity index (χ3n) is 2.51. The highest BCUT2D eigenvalue weighted by molar-refractivity contribution is 9.10. The Labute approximate surface area is 112 Å². The first-order chi connectivity index (χ1) is 8.56. The Morgan fingerprint density at radius 2 is 1.78 bits per heavy atom. The average molecular weight is 311 g/mol. The van der Waals surface area contributed by atoms with Crippen molar-refractivity contribution in [2.24, 2.45) is 0 Å². The minimum Gasteiger partial charge on any atom is -0.294 e. The number of benzene rings is 2. The molecule has 92 valence electrons. The normalized spacial score (nSPS) is 10.4. The van der Waals surface area contributed by atoms with Gasteiger partial charge < -0.3 is 0 Å². The lowest BCUT2D eigenvalue weighted by atomic mass is 10.0. The molecule has 0 radical (unpaired) electrons. The maximum absolute atomic E-state index is 13.1. The lowest BCUT2D eigenvalue weighted by Gasteiger charge is -2.04. The first kappa shape index (κ1) is 12.9. The third kappa shape index (κ3) is 3.01. The first-order valence-corrected chi connectivity index (χ1v) is 6.08. The van der Waals surface area contributed by atoms with Crippen molar-refractivity contribution in [3.05, 3.63) is 69.7 Å². The molecular formula is C14H9BrF2O. The molecule has 1 nitrogen and oxygen atoms in total. The van der Waals surface area contributed by atoms with Crippen LogP contribution in [0.4, 0.5) is 8.78 Å². The highest BCUT2D eigenvalue weighted by Gasteiger charge is 2.10. The van der Waals surface area contributed by atoms with Gasteiger partial charge in [-0.3, -0.25) is 4.79 Å². The van der Waals surface area contributed by atoms with Crippen LogP contribution in [0.1, 0.15) is 15.9 Å². The molecule has 0 saturated heterocycles. The van der Waals surface area contributed by atoms with E-state index in [0.29, 0.717) is 10.0 Å². The summed E-state index contributed by atoms with van der Waals surface area (Å²) in [6.07, 6.45) is 0.0296. The van der Waals surface area contributed by atoms with E-state index in [0.717, 1.165) is 0 Å². The van der Waals surface area contributed by atoms with Crippen LogP contribution in [0.3, 0.4) is 0 Å². The van der Waals surface area contributed by atoms with E-state index >= 15 is 0 Å². The van der Waals surface area contributed by atoms with Gasteiger partial charge in [0.15, 0.2) is 5.78 Å². The second-order valence-corrected chi connectivity index (χ2v) is 4.70. The Hall–Kier alpha value is -1.55. The van der Waals surface area contributed by atoms with Gasteiger partial charge in [0.1, 0.15) is 11.6 Å². The Balaban J connectivity index is 2.24. The fraction of sp³-hybridized carbons (Fsp3) is 0.0714. The van der Waals surface area contributed by atoms with Crippen LogP contribution < -0.4 is 0 Å². The number of carbonyl (C=O) groups excluding carboxylic acids is 1. The monoisotopic (exact) mass is 310 g/mol. The Kier molecular flexibility index (Phi) is 3.87. The van der Waals surface area contributed by atoms with E-state index in [2.05, 4.69) is 15.9 Å². The molecule has 0 spiro atoms. The smallest absolute Gasteiger partial charge is 0.167 e. The van der Waals surface area contributed by atoms with Gasteiger partial charge in [-0.2, -0.15) is 0 Å². The molecule has 0 aliphatic heterocycles. The Morgan fingerprint density at radius 3 is 2.50 bits per heavy atom. The summed E-state index contributed by atoms with van der Waals surface area (Å²) in [7, 11) is 0. The molecule has 0 amide bonds. The van der Waals surface area contributed by atoms with Crippen molar-refractivity contribution in [3.63, 3.8) is 0 Å². The van der Waals surface area contributed by atoms with Crippen LogP contribution in [0.2, 0.25) is 0 Å². The molecule has 4 heteroatoms. The third-order valence-corrected chi connectivity index (χ3v) is 3.28. The SMILES string of the molecule is O=C(Cc1cc(F)ccc1Br)c1cccc(F)c1. The molecule has 0 saturated carbocycles. The van der Waals surface area contributed by atoms with Gasteiger partial charge in [0.25, 0.3) is 0 Å². The Morgan fingerprint density at radius 1 is 1.06 bits per heavy atom. The van der Waals surface area contributed by atoms with Gasteiger partial charge in [-0.15, -0.1) is 0 Å². The summed E-state index contributed by atoms with van der Waals surface area (Å²) in [5.41, 5.74) is 0.829. The summed E-state index contributed by atoms with van der Waals surface area (Å²) >= 11 is 3.25. The van der Waals surface area contributed by atoms with Crippen LogP contribution in [0.15, 0.2) is 46.9 Å². The molecule has 0 heterocycles. The van der Waals surface area contributed by atoms with E-state index in [1.54, 1.807) is 12.1 Å². The number of rotatable bonds is 3. The summed E-state index contributed by atoms with van der Waals surface area (Å²) in [5.74, 6) is -1.11. The average Bonchev–Trinajstić information content (AvgIpc) is 2.34. The number of hydrogen-bond donors (Lipinski definition) is 0.